The van der Waals surface area contributed by atoms with E-state index in [4.69, 9.17) is 14.7 Å². The zero-order valence-electron chi connectivity index (χ0n) is 10.0. The Morgan fingerprint density at radius 1 is 1.17 bits per heavy atom. The maximum Gasteiger partial charge on any atom is 0.164 e. The molecule has 5 heteroatoms. The van der Waals surface area contributed by atoms with Gasteiger partial charge >= 0.3 is 0 Å². The molecule has 0 radical (unpaired) electrons. The molecule has 0 N–H and O–H groups in total. The minimum absolute atomic E-state index is 0.317. The van der Waals surface area contributed by atoms with Crippen LogP contribution in [0, 0.1) is 11.3 Å². The van der Waals surface area contributed by atoms with Gasteiger partial charge in [0.1, 0.15) is 23.3 Å². The molecule has 18 heavy (non-hydrogen) atoms. The molecule has 0 aliphatic rings. The molecule has 0 amide bonds. The number of rotatable bonds is 3. The van der Waals surface area contributed by atoms with Gasteiger partial charge in [0.2, 0.25) is 0 Å². The molecule has 2 aromatic rings. The molecule has 0 bridgehead atoms. The summed E-state index contributed by atoms with van der Waals surface area (Å²) in [5.41, 5.74) is 1.04. The van der Waals surface area contributed by atoms with Crippen LogP contribution in [0.5, 0.6) is 11.5 Å². The Labute approximate surface area is 105 Å². The molecule has 0 saturated heterocycles. The molecule has 90 valence electrons. The SMILES string of the molecule is COc1ccc(-c2nccc(C#N)n2)c(OC)c1. The monoisotopic (exact) mass is 241 g/mol. The van der Waals surface area contributed by atoms with Crippen molar-refractivity contribution in [3.8, 4) is 29.0 Å². The maximum atomic E-state index is 8.83. The summed E-state index contributed by atoms with van der Waals surface area (Å²) in [6, 6.07) is 8.88. The van der Waals surface area contributed by atoms with Crippen molar-refractivity contribution in [1.82, 2.24) is 9.97 Å². The summed E-state index contributed by atoms with van der Waals surface area (Å²) in [4.78, 5) is 8.27. The van der Waals surface area contributed by atoms with E-state index in [0.29, 0.717) is 23.0 Å². The van der Waals surface area contributed by atoms with E-state index in [0.717, 1.165) is 5.56 Å². The third-order valence-electron chi connectivity index (χ3n) is 2.42. The van der Waals surface area contributed by atoms with E-state index in [-0.39, 0.29) is 0 Å². The molecule has 0 fully saturated rings. The van der Waals surface area contributed by atoms with E-state index in [1.54, 1.807) is 44.7 Å². The van der Waals surface area contributed by atoms with Crippen LogP contribution in [-0.4, -0.2) is 24.2 Å². The number of hydrogen-bond donors (Lipinski definition) is 0. The van der Waals surface area contributed by atoms with Crippen LogP contribution in [0.4, 0.5) is 0 Å². The van der Waals surface area contributed by atoms with E-state index >= 15 is 0 Å². The molecule has 0 spiro atoms. The van der Waals surface area contributed by atoms with Crippen molar-refractivity contribution >= 4 is 0 Å². The lowest BCUT2D eigenvalue weighted by Gasteiger charge is -2.09. The fourth-order valence-electron chi connectivity index (χ4n) is 1.53. The first kappa shape index (κ1) is 11.9. The van der Waals surface area contributed by atoms with Gasteiger partial charge < -0.3 is 9.47 Å². The number of benzene rings is 1. The minimum atomic E-state index is 0.317. The number of nitriles is 1. The van der Waals surface area contributed by atoms with E-state index in [1.165, 1.54) is 0 Å². The van der Waals surface area contributed by atoms with Gasteiger partial charge in [-0.05, 0) is 18.2 Å². The Bertz CT molecular complexity index is 605. The lowest BCUT2D eigenvalue weighted by atomic mass is 10.1. The van der Waals surface area contributed by atoms with Crippen molar-refractivity contribution in [3.05, 3.63) is 36.2 Å². The van der Waals surface area contributed by atoms with Crippen molar-refractivity contribution in [2.45, 2.75) is 0 Å². The van der Waals surface area contributed by atoms with Gasteiger partial charge in [-0.15, -0.1) is 0 Å². The number of ether oxygens (including phenoxy) is 2. The Morgan fingerprint density at radius 2 is 2.00 bits per heavy atom. The predicted octanol–water partition coefficient (Wildman–Crippen LogP) is 2.03. The van der Waals surface area contributed by atoms with Crippen molar-refractivity contribution in [3.63, 3.8) is 0 Å². The number of hydrogen-bond acceptors (Lipinski definition) is 5. The van der Waals surface area contributed by atoms with Gasteiger partial charge in [-0.1, -0.05) is 0 Å². The Kier molecular flexibility index (Phi) is 3.39. The van der Waals surface area contributed by atoms with E-state index in [2.05, 4.69) is 9.97 Å². The predicted molar refractivity (Wildman–Crippen MR) is 65.3 cm³/mol. The Morgan fingerprint density at radius 3 is 2.67 bits per heavy atom. The van der Waals surface area contributed by atoms with Crippen LogP contribution in [-0.2, 0) is 0 Å². The van der Waals surface area contributed by atoms with Crippen LogP contribution in [0.1, 0.15) is 5.69 Å². The third kappa shape index (κ3) is 2.23. The smallest absolute Gasteiger partial charge is 0.164 e. The second kappa shape index (κ2) is 5.15. The third-order valence-corrected chi connectivity index (χ3v) is 2.42. The Hall–Kier alpha value is -2.61. The van der Waals surface area contributed by atoms with Gasteiger partial charge in [0.05, 0.1) is 19.8 Å². The highest BCUT2D eigenvalue weighted by Crippen LogP contribution is 2.31. The van der Waals surface area contributed by atoms with Crippen molar-refractivity contribution < 1.29 is 9.47 Å². The van der Waals surface area contributed by atoms with Gasteiger partial charge in [0.25, 0.3) is 0 Å². The highest BCUT2D eigenvalue weighted by Gasteiger charge is 2.10. The second-order valence-electron chi connectivity index (χ2n) is 3.44. The number of methoxy groups -OCH3 is 2. The average molecular weight is 241 g/mol. The lowest BCUT2D eigenvalue weighted by molar-refractivity contribution is 0.395. The zero-order chi connectivity index (χ0) is 13.0. The number of nitrogens with zero attached hydrogens (tertiary/aromatic N) is 3. The average Bonchev–Trinajstić information content (AvgIpc) is 2.46. The molecule has 0 aliphatic heterocycles. The van der Waals surface area contributed by atoms with E-state index in [1.807, 2.05) is 6.07 Å². The fourth-order valence-corrected chi connectivity index (χ4v) is 1.53. The fraction of sp³-hybridized carbons (Fsp3) is 0.154. The number of aromatic nitrogens is 2. The molecule has 1 aromatic carbocycles. The van der Waals surface area contributed by atoms with Gasteiger partial charge in [-0.2, -0.15) is 5.26 Å². The summed E-state index contributed by atoms with van der Waals surface area (Å²) in [5.74, 6) is 1.74. The largest absolute Gasteiger partial charge is 0.497 e. The second-order valence-corrected chi connectivity index (χ2v) is 3.44. The summed E-state index contributed by atoms with van der Waals surface area (Å²) in [6.07, 6.45) is 1.55. The highest BCUT2D eigenvalue weighted by molar-refractivity contribution is 5.65. The molecule has 5 nitrogen and oxygen atoms in total. The Balaban J connectivity index is 2.53. The van der Waals surface area contributed by atoms with Crippen molar-refractivity contribution in [1.29, 1.82) is 5.26 Å². The van der Waals surface area contributed by atoms with E-state index in [9.17, 15) is 0 Å². The summed E-state index contributed by atoms with van der Waals surface area (Å²) in [7, 11) is 3.15. The van der Waals surface area contributed by atoms with Crippen molar-refractivity contribution in [2.24, 2.45) is 0 Å². The summed E-state index contributed by atoms with van der Waals surface area (Å²) >= 11 is 0. The zero-order valence-corrected chi connectivity index (χ0v) is 10.0. The van der Waals surface area contributed by atoms with Gasteiger partial charge in [0, 0.05) is 12.3 Å². The molecule has 0 unspecified atom stereocenters. The molecular weight excluding hydrogens is 230 g/mol. The molecule has 1 heterocycles. The van der Waals surface area contributed by atoms with Crippen LogP contribution in [0.3, 0.4) is 0 Å². The normalized spacial score (nSPS) is 9.61. The molecule has 0 saturated carbocycles. The molecule has 1 aromatic heterocycles. The quantitative estimate of drug-likeness (QED) is 0.822. The molecule has 2 rings (SSSR count). The topological polar surface area (TPSA) is 68.0 Å². The first-order chi connectivity index (χ1) is 8.78. The maximum absolute atomic E-state index is 8.83. The lowest BCUT2D eigenvalue weighted by Crippen LogP contribution is -1.95. The molecule has 0 aliphatic carbocycles. The summed E-state index contributed by atoms with van der Waals surface area (Å²) in [5, 5.41) is 8.83. The summed E-state index contributed by atoms with van der Waals surface area (Å²) in [6.45, 7) is 0. The first-order valence-electron chi connectivity index (χ1n) is 5.24. The van der Waals surface area contributed by atoms with Crippen LogP contribution < -0.4 is 9.47 Å². The van der Waals surface area contributed by atoms with Crippen LogP contribution in [0.25, 0.3) is 11.4 Å². The van der Waals surface area contributed by atoms with E-state index < -0.39 is 0 Å². The van der Waals surface area contributed by atoms with Crippen LogP contribution in [0.2, 0.25) is 0 Å². The van der Waals surface area contributed by atoms with Gasteiger partial charge in [-0.25, -0.2) is 9.97 Å². The van der Waals surface area contributed by atoms with Gasteiger partial charge in [-0.3, -0.25) is 0 Å². The van der Waals surface area contributed by atoms with Crippen LogP contribution in [0.15, 0.2) is 30.5 Å². The highest BCUT2D eigenvalue weighted by atomic mass is 16.5. The standard InChI is InChI=1S/C13H11N3O2/c1-17-10-3-4-11(12(7-10)18-2)13-15-6-5-9(8-14)16-13/h3-7H,1-2H3. The summed E-state index contributed by atoms with van der Waals surface area (Å²) < 4.78 is 10.4. The molecular formula is C13H11N3O2. The van der Waals surface area contributed by atoms with Gasteiger partial charge in [0.15, 0.2) is 5.82 Å². The van der Waals surface area contributed by atoms with Crippen LogP contribution >= 0.6 is 0 Å². The van der Waals surface area contributed by atoms with Crippen molar-refractivity contribution in [2.75, 3.05) is 14.2 Å². The first-order valence-corrected chi connectivity index (χ1v) is 5.24. The molecule has 0 atom stereocenters. The minimum Gasteiger partial charge on any atom is -0.497 e.